The van der Waals surface area contributed by atoms with Crippen molar-refractivity contribution in [3.05, 3.63) is 81.8 Å². The van der Waals surface area contributed by atoms with Crippen molar-refractivity contribution in [3.8, 4) is 11.5 Å². The normalized spacial score (nSPS) is 10.7. The van der Waals surface area contributed by atoms with Crippen LogP contribution in [0.15, 0.2) is 70.2 Å². The van der Waals surface area contributed by atoms with Crippen molar-refractivity contribution in [2.45, 2.75) is 33.6 Å². The Labute approximate surface area is 236 Å². The number of nitrogens with zero attached hydrogens (tertiary/aromatic N) is 1. The molecule has 0 aromatic heterocycles. The minimum atomic E-state index is -0.906. The molecule has 3 N–H and O–H groups in total. The van der Waals surface area contributed by atoms with E-state index in [1.54, 1.807) is 48.5 Å². The van der Waals surface area contributed by atoms with Crippen LogP contribution < -0.4 is 25.5 Å². The quantitative estimate of drug-likeness (QED) is 0.120. The number of amides is 3. The van der Waals surface area contributed by atoms with Gasteiger partial charge in [-0.1, -0.05) is 29.3 Å². The Morgan fingerprint density at radius 3 is 2.13 bits per heavy atom. The van der Waals surface area contributed by atoms with Crippen LogP contribution in [0.4, 0.5) is 11.4 Å². The largest absolute Gasteiger partial charge is 0.494 e. The van der Waals surface area contributed by atoms with Crippen molar-refractivity contribution in [1.82, 2.24) is 5.43 Å². The summed E-state index contributed by atoms with van der Waals surface area (Å²) in [5.74, 6) is -0.830. The van der Waals surface area contributed by atoms with Crippen LogP contribution in [0.3, 0.4) is 0 Å². The van der Waals surface area contributed by atoms with Crippen LogP contribution in [-0.4, -0.2) is 37.1 Å². The molecule has 0 saturated carbocycles. The molecule has 0 atom stereocenters. The van der Waals surface area contributed by atoms with Gasteiger partial charge in [0, 0.05) is 15.8 Å². The second-order valence-electron chi connectivity index (χ2n) is 8.70. The molecule has 39 heavy (non-hydrogen) atoms. The number of hydrazone groups is 1. The minimum Gasteiger partial charge on any atom is -0.494 e. The van der Waals surface area contributed by atoms with E-state index in [-0.39, 0.29) is 12.5 Å². The molecule has 0 aliphatic rings. The molecule has 0 fully saturated rings. The maximum Gasteiger partial charge on any atom is 0.329 e. The topological polar surface area (TPSA) is 118 Å². The maximum atomic E-state index is 12.3. The maximum absolute atomic E-state index is 12.3. The lowest BCUT2D eigenvalue weighted by Gasteiger charge is -2.13. The second kappa shape index (κ2) is 14.7. The third-order valence-corrected chi connectivity index (χ3v) is 5.93. The van der Waals surface area contributed by atoms with Gasteiger partial charge < -0.3 is 20.1 Å². The summed E-state index contributed by atoms with van der Waals surface area (Å²) in [5.41, 5.74) is 5.98. The molecule has 0 aliphatic carbocycles. The van der Waals surface area contributed by atoms with Gasteiger partial charge in [-0.3, -0.25) is 14.4 Å². The predicted octanol–water partition coefficient (Wildman–Crippen LogP) is 5.35. The van der Waals surface area contributed by atoms with Crippen molar-refractivity contribution >= 4 is 51.2 Å². The van der Waals surface area contributed by atoms with Crippen molar-refractivity contribution in [2.24, 2.45) is 5.10 Å². The zero-order chi connectivity index (χ0) is 28.2. The van der Waals surface area contributed by atoms with Gasteiger partial charge in [-0.2, -0.15) is 5.10 Å². The summed E-state index contributed by atoms with van der Waals surface area (Å²) in [6.45, 7) is 6.41. The molecule has 0 radical (unpaired) electrons. The lowest BCUT2D eigenvalue weighted by molar-refractivity contribution is -0.136. The molecule has 0 bridgehead atoms. The molecule has 204 valence electrons. The minimum absolute atomic E-state index is 0.151. The fourth-order valence-electron chi connectivity index (χ4n) is 3.46. The van der Waals surface area contributed by atoms with Gasteiger partial charge in [0.15, 0.2) is 6.61 Å². The molecule has 0 unspecified atom stereocenters. The number of carbonyl (C=O) groups is 3. The molecule has 3 rings (SSSR count). The number of unbranched alkanes of at least 4 members (excludes halogenated alkanes) is 1. The van der Waals surface area contributed by atoms with E-state index < -0.39 is 11.8 Å². The Kier molecular flexibility index (Phi) is 11.1. The summed E-state index contributed by atoms with van der Waals surface area (Å²) in [4.78, 5) is 36.5. The van der Waals surface area contributed by atoms with Crippen LogP contribution >= 0.6 is 15.9 Å². The summed E-state index contributed by atoms with van der Waals surface area (Å²) in [7, 11) is 0. The molecule has 3 aromatic rings. The number of hydrogen-bond donors (Lipinski definition) is 3. The van der Waals surface area contributed by atoms with Crippen LogP contribution in [0.25, 0.3) is 0 Å². The average Bonchev–Trinajstić information content (AvgIpc) is 2.91. The molecule has 3 amide bonds. The van der Waals surface area contributed by atoms with E-state index in [1.165, 1.54) is 6.21 Å². The lowest BCUT2D eigenvalue weighted by atomic mass is 10.1. The van der Waals surface area contributed by atoms with E-state index in [2.05, 4.69) is 44.0 Å². The molecule has 0 heterocycles. The molecule has 9 nitrogen and oxygen atoms in total. The number of rotatable bonds is 11. The predicted molar refractivity (Wildman–Crippen MR) is 155 cm³/mol. The molecule has 0 saturated heterocycles. The van der Waals surface area contributed by atoms with Crippen molar-refractivity contribution in [2.75, 3.05) is 23.8 Å². The van der Waals surface area contributed by atoms with Gasteiger partial charge in [0.25, 0.3) is 5.91 Å². The lowest BCUT2D eigenvalue weighted by Crippen LogP contribution is -2.32. The number of ether oxygens (including phenoxy) is 2. The molecule has 10 heteroatoms. The first kappa shape index (κ1) is 29.4. The van der Waals surface area contributed by atoms with E-state index in [0.717, 1.165) is 34.1 Å². The number of aryl methyl sites for hydroxylation is 2. The first-order valence-corrected chi connectivity index (χ1v) is 13.2. The van der Waals surface area contributed by atoms with Gasteiger partial charge in [0.1, 0.15) is 11.5 Å². The van der Waals surface area contributed by atoms with Crippen molar-refractivity contribution in [1.29, 1.82) is 0 Å². The van der Waals surface area contributed by atoms with Crippen LogP contribution in [-0.2, 0) is 14.4 Å². The van der Waals surface area contributed by atoms with Gasteiger partial charge >= 0.3 is 11.8 Å². The number of hydrogen-bond acceptors (Lipinski definition) is 6. The van der Waals surface area contributed by atoms with Crippen molar-refractivity contribution in [3.63, 3.8) is 0 Å². The average molecular weight is 595 g/mol. The number of carbonyl (C=O) groups excluding carboxylic acids is 3. The fourth-order valence-corrected chi connectivity index (χ4v) is 4.14. The monoisotopic (exact) mass is 594 g/mol. The van der Waals surface area contributed by atoms with Crippen LogP contribution in [0.5, 0.6) is 11.5 Å². The SMILES string of the molecule is CCCCOc1ccc(NC(=O)C(=O)N/N=C\c2ccc(OCC(=O)Nc3c(C)cc(Br)cc3C)cc2)cc1. The Balaban J connectivity index is 1.42. The Morgan fingerprint density at radius 2 is 1.49 bits per heavy atom. The summed E-state index contributed by atoms with van der Waals surface area (Å²) < 4.78 is 12.1. The summed E-state index contributed by atoms with van der Waals surface area (Å²) in [6, 6.07) is 17.4. The fraction of sp³-hybridized carbons (Fsp3) is 0.241. The summed E-state index contributed by atoms with van der Waals surface area (Å²) in [5, 5.41) is 9.20. The summed E-state index contributed by atoms with van der Waals surface area (Å²) >= 11 is 3.44. The van der Waals surface area contributed by atoms with Gasteiger partial charge in [-0.25, -0.2) is 5.43 Å². The first-order valence-electron chi connectivity index (χ1n) is 12.4. The zero-order valence-electron chi connectivity index (χ0n) is 22.0. The van der Waals surface area contributed by atoms with Crippen LogP contribution in [0, 0.1) is 13.8 Å². The molecular formula is C29H31BrN4O5. The van der Waals surface area contributed by atoms with E-state index in [9.17, 15) is 14.4 Å². The van der Waals surface area contributed by atoms with E-state index in [0.29, 0.717) is 29.4 Å². The van der Waals surface area contributed by atoms with Crippen LogP contribution in [0.1, 0.15) is 36.5 Å². The Hall–Kier alpha value is -4.18. The molecule has 0 spiro atoms. The highest BCUT2D eigenvalue weighted by atomic mass is 79.9. The second-order valence-corrected chi connectivity index (χ2v) is 9.62. The van der Waals surface area contributed by atoms with E-state index >= 15 is 0 Å². The van der Waals surface area contributed by atoms with Crippen LogP contribution in [0.2, 0.25) is 0 Å². The number of nitrogens with one attached hydrogen (secondary N) is 3. The van der Waals surface area contributed by atoms with E-state index in [1.807, 2.05) is 26.0 Å². The molecular weight excluding hydrogens is 564 g/mol. The first-order chi connectivity index (χ1) is 18.7. The third-order valence-electron chi connectivity index (χ3n) is 5.48. The molecule has 0 aliphatic heterocycles. The summed E-state index contributed by atoms with van der Waals surface area (Å²) in [6.07, 6.45) is 3.39. The number of benzene rings is 3. The highest BCUT2D eigenvalue weighted by Gasteiger charge is 2.13. The highest BCUT2D eigenvalue weighted by molar-refractivity contribution is 9.10. The zero-order valence-corrected chi connectivity index (χ0v) is 23.6. The number of halogens is 1. The highest BCUT2D eigenvalue weighted by Crippen LogP contribution is 2.25. The van der Waals surface area contributed by atoms with Gasteiger partial charge in [0.2, 0.25) is 0 Å². The standard InChI is InChI=1S/C29H31BrN4O5/c1-4-5-14-38-24-12-8-23(9-13-24)32-28(36)29(37)34-31-17-21-6-10-25(11-7-21)39-18-26(35)33-27-19(2)15-22(30)16-20(27)3/h6-13,15-17H,4-5,14,18H2,1-3H3,(H,32,36)(H,33,35)(H,34,37)/b31-17-. The number of anilines is 2. The van der Waals surface area contributed by atoms with Gasteiger partial charge in [-0.05, 0) is 97.6 Å². The third kappa shape index (κ3) is 9.57. The Bertz CT molecular complexity index is 1300. The smallest absolute Gasteiger partial charge is 0.329 e. The van der Waals surface area contributed by atoms with E-state index in [4.69, 9.17) is 9.47 Å². The molecule has 3 aromatic carbocycles. The van der Waals surface area contributed by atoms with Crippen molar-refractivity contribution < 1.29 is 23.9 Å². The Morgan fingerprint density at radius 1 is 0.872 bits per heavy atom. The van der Waals surface area contributed by atoms with Gasteiger partial charge in [0.05, 0.1) is 12.8 Å². The van der Waals surface area contributed by atoms with Gasteiger partial charge in [-0.15, -0.1) is 0 Å².